The molecule has 2 rings (SSSR count). The highest BCUT2D eigenvalue weighted by molar-refractivity contribution is 6.30. The number of halogens is 1. The Morgan fingerprint density at radius 2 is 2.00 bits per heavy atom. The third kappa shape index (κ3) is 3.52. The van der Waals surface area contributed by atoms with E-state index in [1.54, 1.807) is 25.4 Å². The predicted molar refractivity (Wildman–Crippen MR) is 78.3 cm³/mol. The largest absolute Gasteiger partial charge is 0.287 e. The minimum absolute atomic E-state index is 0.0520. The molecule has 0 saturated heterocycles. The molecule has 0 aliphatic carbocycles. The molecule has 0 aliphatic rings. The first-order valence-corrected chi connectivity index (χ1v) is 6.08. The third-order valence-electron chi connectivity index (χ3n) is 2.52. The highest BCUT2D eigenvalue weighted by Gasteiger charge is 2.06. The Labute approximate surface area is 120 Å². The van der Waals surface area contributed by atoms with Gasteiger partial charge in [-0.3, -0.25) is 15.1 Å². The molecule has 20 heavy (non-hydrogen) atoms. The van der Waals surface area contributed by atoms with Gasteiger partial charge in [0, 0.05) is 18.1 Å². The summed E-state index contributed by atoms with van der Waals surface area (Å²) in [5.41, 5.74) is 0.840. The number of hydrazone groups is 1. The molecule has 0 atom stereocenters. The number of anilines is 1. The van der Waals surface area contributed by atoms with Crippen molar-refractivity contribution in [3.8, 4) is 0 Å². The molecule has 6 nitrogen and oxygen atoms in total. The lowest BCUT2D eigenvalue weighted by Crippen LogP contribution is -2.10. The summed E-state index contributed by atoms with van der Waals surface area (Å²) in [6.07, 6.45) is 2.85. The van der Waals surface area contributed by atoms with E-state index in [0.29, 0.717) is 10.8 Å². The fourth-order valence-corrected chi connectivity index (χ4v) is 1.56. The molecule has 1 heterocycles. The molecule has 2 aromatic rings. The third-order valence-corrected chi connectivity index (χ3v) is 2.78. The molecule has 0 N–H and O–H groups in total. The molecule has 0 bridgehead atoms. The molecular formula is C13H11ClN4O2. The lowest BCUT2D eigenvalue weighted by atomic mass is 10.2. The van der Waals surface area contributed by atoms with Crippen LogP contribution in [-0.2, 0) is 0 Å². The maximum absolute atomic E-state index is 10.5. The number of hydrogen-bond donors (Lipinski definition) is 0. The Morgan fingerprint density at radius 3 is 2.55 bits per heavy atom. The lowest BCUT2D eigenvalue weighted by Gasteiger charge is -2.10. The van der Waals surface area contributed by atoms with Gasteiger partial charge in [-0.1, -0.05) is 23.7 Å². The zero-order valence-corrected chi connectivity index (χ0v) is 11.4. The first-order valence-electron chi connectivity index (χ1n) is 5.70. The van der Waals surface area contributed by atoms with E-state index in [9.17, 15) is 10.1 Å². The maximum Gasteiger partial charge on any atom is 0.287 e. The van der Waals surface area contributed by atoms with E-state index in [0.717, 1.165) is 5.56 Å². The van der Waals surface area contributed by atoms with Gasteiger partial charge in [0.2, 0.25) is 0 Å². The van der Waals surface area contributed by atoms with Crippen LogP contribution in [0.2, 0.25) is 5.02 Å². The maximum atomic E-state index is 10.5. The number of nitrogens with zero attached hydrogens (tertiary/aromatic N) is 4. The van der Waals surface area contributed by atoms with Crippen molar-refractivity contribution in [2.75, 3.05) is 12.1 Å². The van der Waals surface area contributed by atoms with Gasteiger partial charge in [0.25, 0.3) is 5.69 Å². The first kappa shape index (κ1) is 14.0. The summed E-state index contributed by atoms with van der Waals surface area (Å²) in [6, 6.07) is 10.1. The molecule has 0 saturated carbocycles. The number of benzene rings is 1. The van der Waals surface area contributed by atoms with Gasteiger partial charge in [0.05, 0.1) is 11.1 Å². The van der Waals surface area contributed by atoms with E-state index < -0.39 is 4.92 Å². The number of nitro groups is 1. The second-order valence-corrected chi connectivity index (χ2v) is 4.39. The Morgan fingerprint density at radius 1 is 1.30 bits per heavy atom. The molecule has 0 aliphatic heterocycles. The van der Waals surface area contributed by atoms with Crippen LogP contribution in [0, 0.1) is 10.1 Å². The summed E-state index contributed by atoms with van der Waals surface area (Å²) < 4.78 is 0. The molecule has 1 aromatic heterocycles. The normalized spacial score (nSPS) is 10.7. The number of hydrogen-bond acceptors (Lipinski definition) is 5. The van der Waals surface area contributed by atoms with Crippen LogP contribution in [0.1, 0.15) is 5.56 Å². The predicted octanol–water partition coefficient (Wildman–Crippen LogP) is 3.11. The van der Waals surface area contributed by atoms with E-state index in [4.69, 9.17) is 11.6 Å². The smallest absolute Gasteiger partial charge is 0.258 e. The topological polar surface area (TPSA) is 71.6 Å². The number of aromatic nitrogens is 1. The van der Waals surface area contributed by atoms with Crippen molar-refractivity contribution in [3.63, 3.8) is 0 Å². The average Bonchev–Trinajstić information content (AvgIpc) is 2.46. The minimum Gasteiger partial charge on any atom is -0.258 e. The molecule has 0 radical (unpaired) electrons. The van der Waals surface area contributed by atoms with E-state index in [-0.39, 0.29) is 5.69 Å². The van der Waals surface area contributed by atoms with Crippen LogP contribution in [0.4, 0.5) is 11.5 Å². The Kier molecular flexibility index (Phi) is 4.27. The molecule has 0 fully saturated rings. The van der Waals surface area contributed by atoms with Crippen LogP contribution in [0.25, 0.3) is 0 Å². The standard InChI is InChI=1S/C13H11ClN4O2/c1-17(13-7-6-12(9-15-13)18(19)20)16-8-10-2-4-11(14)5-3-10/h2-9H,1H3. The Balaban J connectivity index is 2.09. The number of pyridine rings is 1. The van der Waals surface area contributed by atoms with Crippen molar-refractivity contribution >= 4 is 29.3 Å². The first-order chi connectivity index (χ1) is 9.56. The van der Waals surface area contributed by atoms with Crippen LogP contribution < -0.4 is 5.01 Å². The van der Waals surface area contributed by atoms with Crippen LogP contribution >= 0.6 is 11.6 Å². The van der Waals surface area contributed by atoms with Gasteiger partial charge in [-0.25, -0.2) is 4.98 Å². The summed E-state index contributed by atoms with van der Waals surface area (Å²) in [6.45, 7) is 0. The zero-order chi connectivity index (χ0) is 14.5. The van der Waals surface area contributed by atoms with Gasteiger partial charge >= 0.3 is 0 Å². The second kappa shape index (κ2) is 6.12. The summed E-state index contributed by atoms with van der Waals surface area (Å²) in [5, 5.41) is 16.9. The Hall–Kier alpha value is -2.47. The van der Waals surface area contributed by atoms with Crippen molar-refractivity contribution in [2.45, 2.75) is 0 Å². The van der Waals surface area contributed by atoms with Gasteiger partial charge in [0.1, 0.15) is 12.0 Å². The second-order valence-electron chi connectivity index (χ2n) is 3.95. The fraction of sp³-hybridized carbons (Fsp3) is 0.0769. The molecule has 102 valence electrons. The van der Waals surface area contributed by atoms with Crippen LogP contribution in [0.5, 0.6) is 0 Å². The minimum atomic E-state index is -0.492. The SMILES string of the molecule is CN(N=Cc1ccc(Cl)cc1)c1ccc([N+](=O)[O-])cn1. The molecular weight excluding hydrogens is 280 g/mol. The van der Waals surface area contributed by atoms with Crippen molar-refractivity contribution in [3.05, 3.63) is 63.3 Å². The molecule has 7 heteroatoms. The van der Waals surface area contributed by atoms with Crippen LogP contribution in [0.3, 0.4) is 0 Å². The van der Waals surface area contributed by atoms with E-state index in [1.165, 1.54) is 23.3 Å². The monoisotopic (exact) mass is 290 g/mol. The van der Waals surface area contributed by atoms with Crippen molar-refractivity contribution < 1.29 is 4.92 Å². The summed E-state index contributed by atoms with van der Waals surface area (Å²) in [4.78, 5) is 14.0. The van der Waals surface area contributed by atoms with Crippen molar-refractivity contribution in [1.82, 2.24) is 4.98 Å². The molecule has 0 spiro atoms. The van der Waals surface area contributed by atoms with Gasteiger partial charge in [0.15, 0.2) is 0 Å². The van der Waals surface area contributed by atoms with Crippen LogP contribution in [0.15, 0.2) is 47.7 Å². The molecule has 0 amide bonds. The van der Waals surface area contributed by atoms with E-state index in [1.807, 2.05) is 12.1 Å². The van der Waals surface area contributed by atoms with Gasteiger partial charge < -0.3 is 0 Å². The van der Waals surface area contributed by atoms with Crippen molar-refractivity contribution in [2.24, 2.45) is 5.10 Å². The molecule has 1 aromatic carbocycles. The number of rotatable bonds is 4. The molecule has 0 unspecified atom stereocenters. The van der Waals surface area contributed by atoms with Gasteiger partial charge in [-0.15, -0.1) is 0 Å². The average molecular weight is 291 g/mol. The van der Waals surface area contributed by atoms with Gasteiger partial charge in [-0.05, 0) is 23.8 Å². The summed E-state index contributed by atoms with van der Waals surface area (Å²) >= 11 is 5.79. The quantitative estimate of drug-likeness (QED) is 0.493. The summed E-state index contributed by atoms with van der Waals surface area (Å²) in [5.74, 6) is 0.515. The fourth-order valence-electron chi connectivity index (χ4n) is 1.44. The van der Waals surface area contributed by atoms with Crippen molar-refractivity contribution in [1.29, 1.82) is 0 Å². The zero-order valence-electron chi connectivity index (χ0n) is 10.6. The van der Waals surface area contributed by atoms with Gasteiger partial charge in [-0.2, -0.15) is 5.10 Å². The van der Waals surface area contributed by atoms with Crippen LogP contribution in [-0.4, -0.2) is 23.2 Å². The lowest BCUT2D eigenvalue weighted by molar-refractivity contribution is -0.385. The van der Waals surface area contributed by atoms with E-state index >= 15 is 0 Å². The highest BCUT2D eigenvalue weighted by Crippen LogP contribution is 2.15. The summed E-state index contributed by atoms with van der Waals surface area (Å²) in [7, 11) is 1.71. The highest BCUT2D eigenvalue weighted by atomic mass is 35.5. The van der Waals surface area contributed by atoms with E-state index in [2.05, 4.69) is 10.1 Å². The Bertz CT molecular complexity index is 626.